The highest BCUT2D eigenvalue weighted by Gasteiger charge is 2.25. The number of rotatable bonds is 6. The van der Waals surface area contributed by atoms with E-state index in [9.17, 15) is 0 Å². The molecule has 8 nitrogen and oxygen atoms in total. The zero-order valence-electron chi connectivity index (χ0n) is 35.1. The van der Waals surface area contributed by atoms with E-state index in [2.05, 4.69) is 130 Å². The Balaban J connectivity index is 1.09. The lowest BCUT2D eigenvalue weighted by molar-refractivity contribution is 0.620. The predicted molar refractivity (Wildman–Crippen MR) is 265 cm³/mol. The van der Waals surface area contributed by atoms with Gasteiger partial charge in [-0.05, 0) is 71.8 Å². The Bertz CT molecular complexity index is 4220. The van der Waals surface area contributed by atoms with Crippen LogP contribution >= 0.6 is 0 Å². The molecule has 0 bridgehead atoms. The third kappa shape index (κ3) is 5.45. The quantitative estimate of drug-likeness (QED) is 0.166. The molecule has 0 spiro atoms. The zero-order valence-corrected chi connectivity index (χ0v) is 35.1. The van der Waals surface area contributed by atoms with Crippen molar-refractivity contribution in [1.82, 2.24) is 29.1 Å². The van der Waals surface area contributed by atoms with E-state index < -0.39 is 0 Å². The van der Waals surface area contributed by atoms with Crippen molar-refractivity contribution >= 4 is 76.6 Å². The van der Waals surface area contributed by atoms with Crippen LogP contribution in [0, 0.1) is 0 Å². The highest BCUT2D eigenvalue weighted by atomic mass is 16.3. The average Bonchev–Trinajstić information content (AvgIpc) is 4.16. The Morgan fingerprint density at radius 2 is 0.879 bits per heavy atom. The topological polar surface area (TPSA) is 87.7 Å². The molecule has 0 aliphatic heterocycles. The number of nitrogens with zero attached hydrogens (tertiary/aromatic N) is 6. The van der Waals surface area contributed by atoms with Crippen molar-refractivity contribution in [1.29, 1.82) is 0 Å². The molecule has 0 radical (unpaired) electrons. The minimum absolute atomic E-state index is 0.444. The first-order chi connectivity index (χ1) is 32.7. The number of hydrogen-bond donors (Lipinski definition) is 0. The van der Waals surface area contributed by atoms with Crippen molar-refractivity contribution in [2.24, 2.45) is 0 Å². The molecule has 14 aromatic rings. The molecule has 14 rings (SSSR count). The van der Waals surface area contributed by atoms with E-state index in [0.717, 1.165) is 82.3 Å². The van der Waals surface area contributed by atoms with E-state index in [0.29, 0.717) is 45.7 Å². The molecule has 0 fully saturated rings. The van der Waals surface area contributed by atoms with Crippen LogP contribution in [0.1, 0.15) is 0 Å². The largest absolute Gasteiger partial charge is 0.455 e. The molecule has 9 aromatic carbocycles. The Kier molecular flexibility index (Phi) is 7.81. The van der Waals surface area contributed by atoms with Crippen molar-refractivity contribution in [3.63, 3.8) is 0 Å². The normalized spacial score (nSPS) is 11.9. The second-order valence-corrected chi connectivity index (χ2v) is 16.6. The molecular formula is C58H34N6O2. The molecule has 308 valence electrons. The fourth-order valence-corrected chi connectivity index (χ4v) is 9.87. The summed E-state index contributed by atoms with van der Waals surface area (Å²) in [7, 11) is 0. The first kappa shape index (κ1) is 36.4. The molecule has 0 atom stereocenters. The Morgan fingerprint density at radius 3 is 1.59 bits per heavy atom. The van der Waals surface area contributed by atoms with E-state index in [1.54, 1.807) is 0 Å². The van der Waals surface area contributed by atoms with Crippen LogP contribution in [-0.4, -0.2) is 29.1 Å². The number of furan rings is 1. The maximum Gasteiger partial charge on any atom is 0.238 e. The fourth-order valence-electron chi connectivity index (χ4n) is 9.87. The molecule has 0 unspecified atom stereocenters. The molecule has 5 heterocycles. The summed E-state index contributed by atoms with van der Waals surface area (Å²) in [6.45, 7) is 0. The number of para-hydroxylation sites is 5. The monoisotopic (exact) mass is 846 g/mol. The van der Waals surface area contributed by atoms with Crippen molar-refractivity contribution in [3.05, 3.63) is 206 Å². The second-order valence-electron chi connectivity index (χ2n) is 16.6. The Hall–Kier alpha value is -9.14. The number of fused-ring (bicyclic) bond motifs is 11. The SMILES string of the molecule is c1ccc(-c2ccc(-n3c4ccccc4c4ccc5c6ccccc6n(-c6nc(-c7cccc8nc(-c9ccccc9)oc78)nc(-c7cccc8c7oc7ccccc78)n6)c5c43)cc2)cc1. The van der Waals surface area contributed by atoms with E-state index >= 15 is 0 Å². The summed E-state index contributed by atoms with van der Waals surface area (Å²) in [5.74, 6) is 1.89. The van der Waals surface area contributed by atoms with Crippen LogP contribution in [0.3, 0.4) is 0 Å². The fraction of sp³-hybridized carbons (Fsp3) is 0. The number of hydrogen-bond acceptors (Lipinski definition) is 6. The van der Waals surface area contributed by atoms with Gasteiger partial charge in [-0.2, -0.15) is 9.97 Å². The maximum absolute atomic E-state index is 6.63. The Morgan fingerprint density at radius 1 is 0.333 bits per heavy atom. The van der Waals surface area contributed by atoms with Gasteiger partial charge >= 0.3 is 0 Å². The number of aromatic nitrogens is 6. The summed E-state index contributed by atoms with van der Waals surface area (Å²) in [5, 5.41) is 6.44. The van der Waals surface area contributed by atoms with Gasteiger partial charge in [-0.1, -0.05) is 146 Å². The summed E-state index contributed by atoms with van der Waals surface area (Å²) in [4.78, 5) is 21.1. The molecular weight excluding hydrogens is 813 g/mol. The van der Waals surface area contributed by atoms with Crippen LogP contribution in [0.5, 0.6) is 0 Å². The summed E-state index contributed by atoms with van der Waals surface area (Å²) in [6, 6.07) is 71.1. The molecule has 0 aliphatic carbocycles. The summed E-state index contributed by atoms with van der Waals surface area (Å²) in [6.07, 6.45) is 0. The standard InChI is InChI=1S/C58H34N6O2/c1-3-15-35(16-4-1)36-29-31-38(32-30-36)63-48-26-10-7-19-39(48)42-33-34-43-40-20-8-11-27-49(40)64(52(43)51(42)63)58-61-55(45-23-13-22-44-41-21-9-12-28-50(41)65-53(44)45)60-56(62-58)46-24-14-25-47-54(46)66-57(59-47)37-17-5-2-6-18-37/h1-34H. The molecule has 0 aliphatic rings. The van der Waals surface area contributed by atoms with Crippen molar-refractivity contribution in [3.8, 4) is 57.0 Å². The molecule has 8 heteroatoms. The van der Waals surface area contributed by atoms with Crippen molar-refractivity contribution in [2.45, 2.75) is 0 Å². The number of benzene rings is 9. The van der Waals surface area contributed by atoms with Crippen LogP contribution < -0.4 is 0 Å². The highest BCUT2D eigenvalue weighted by Crippen LogP contribution is 2.43. The van der Waals surface area contributed by atoms with Gasteiger partial charge < -0.3 is 13.4 Å². The second kappa shape index (κ2) is 14.2. The molecule has 0 amide bonds. The molecule has 5 aromatic heterocycles. The van der Waals surface area contributed by atoms with Crippen LogP contribution in [0.25, 0.3) is 134 Å². The van der Waals surface area contributed by atoms with Gasteiger partial charge in [0.05, 0.1) is 33.2 Å². The first-order valence-corrected chi connectivity index (χ1v) is 22.0. The first-order valence-electron chi connectivity index (χ1n) is 22.0. The molecule has 0 N–H and O–H groups in total. The lowest BCUT2D eigenvalue weighted by Crippen LogP contribution is -2.07. The predicted octanol–water partition coefficient (Wildman–Crippen LogP) is 14.8. The van der Waals surface area contributed by atoms with E-state index in [4.69, 9.17) is 28.8 Å². The van der Waals surface area contributed by atoms with Gasteiger partial charge in [0.1, 0.15) is 16.7 Å². The number of oxazole rings is 1. The van der Waals surface area contributed by atoms with Crippen LogP contribution in [0.4, 0.5) is 0 Å². The molecule has 0 saturated carbocycles. The van der Waals surface area contributed by atoms with Crippen LogP contribution in [0.2, 0.25) is 0 Å². The van der Waals surface area contributed by atoms with Gasteiger partial charge in [-0.25, -0.2) is 9.97 Å². The molecule has 0 saturated heterocycles. The van der Waals surface area contributed by atoms with Crippen molar-refractivity contribution in [2.75, 3.05) is 0 Å². The van der Waals surface area contributed by atoms with Crippen LogP contribution in [0.15, 0.2) is 215 Å². The van der Waals surface area contributed by atoms with E-state index in [-0.39, 0.29) is 0 Å². The van der Waals surface area contributed by atoms with Gasteiger partial charge in [0.2, 0.25) is 11.8 Å². The summed E-state index contributed by atoms with van der Waals surface area (Å²) >= 11 is 0. The lowest BCUT2D eigenvalue weighted by Gasteiger charge is -2.14. The third-order valence-corrected chi connectivity index (χ3v) is 12.8. The zero-order chi connectivity index (χ0) is 43.3. The molecule has 66 heavy (non-hydrogen) atoms. The maximum atomic E-state index is 6.63. The summed E-state index contributed by atoms with van der Waals surface area (Å²) < 4.78 is 17.8. The lowest BCUT2D eigenvalue weighted by atomic mass is 10.1. The van der Waals surface area contributed by atoms with Gasteiger partial charge in [-0.15, -0.1) is 0 Å². The smallest absolute Gasteiger partial charge is 0.238 e. The third-order valence-electron chi connectivity index (χ3n) is 12.8. The van der Waals surface area contributed by atoms with Gasteiger partial charge in [-0.3, -0.25) is 4.57 Å². The minimum atomic E-state index is 0.444. The van der Waals surface area contributed by atoms with E-state index in [1.165, 1.54) is 5.56 Å². The van der Waals surface area contributed by atoms with Crippen molar-refractivity contribution < 1.29 is 8.83 Å². The Labute approximate surface area is 376 Å². The van der Waals surface area contributed by atoms with E-state index in [1.807, 2.05) is 84.9 Å². The van der Waals surface area contributed by atoms with Gasteiger partial charge in [0.15, 0.2) is 17.2 Å². The highest BCUT2D eigenvalue weighted by molar-refractivity contribution is 6.23. The summed E-state index contributed by atoms with van der Waals surface area (Å²) in [5.41, 5.74) is 12.6. The van der Waals surface area contributed by atoms with Gasteiger partial charge in [0.25, 0.3) is 0 Å². The average molecular weight is 847 g/mol. The van der Waals surface area contributed by atoms with Gasteiger partial charge in [0, 0.05) is 43.6 Å². The van der Waals surface area contributed by atoms with Crippen LogP contribution in [-0.2, 0) is 0 Å². The minimum Gasteiger partial charge on any atom is -0.455 e.